The molecular formula is C28H36N4O7S2. The molecule has 0 unspecified atom stereocenters. The number of aryl methyl sites for hydroxylation is 1. The van der Waals surface area contributed by atoms with Crippen molar-refractivity contribution in [3.05, 3.63) is 81.8 Å². The number of hydrogen-bond donors (Lipinski definition) is 3. The number of carbonyl (C=O) groups excluding carboxylic acids is 2. The van der Waals surface area contributed by atoms with Gasteiger partial charge in [0.25, 0.3) is 0 Å². The summed E-state index contributed by atoms with van der Waals surface area (Å²) in [6, 6.07) is 14.6. The number of amides is 2. The minimum Gasteiger partial charge on any atom is -0.444 e. The molecular weight excluding hydrogens is 568 g/mol. The van der Waals surface area contributed by atoms with Gasteiger partial charge in [-0.25, -0.2) is 14.7 Å². The molecule has 0 fully saturated rings. The van der Waals surface area contributed by atoms with E-state index in [9.17, 15) is 18.0 Å². The molecule has 0 saturated carbocycles. The van der Waals surface area contributed by atoms with E-state index in [0.29, 0.717) is 11.4 Å². The van der Waals surface area contributed by atoms with Gasteiger partial charge in [-0.1, -0.05) is 53.7 Å². The van der Waals surface area contributed by atoms with Gasteiger partial charge in [-0.15, -0.1) is 11.3 Å². The van der Waals surface area contributed by atoms with Crippen LogP contribution in [0.25, 0.3) is 0 Å². The van der Waals surface area contributed by atoms with Crippen LogP contribution in [0.3, 0.4) is 0 Å². The van der Waals surface area contributed by atoms with Gasteiger partial charge in [0.15, 0.2) is 0 Å². The molecule has 0 aliphatic rings. The standard InChI is InChI=1S/C28H36N4O7S2/c1-6-21-18-40-26(29-21)24(17-20-12-14-22(15-13-20)32-41(35,36)39-37-5)30-25(33)23(16-19-10-8-7-9-11-19)31-27(34)38-28(2,3)4/h7-15,18,23-24,32H,6,16-17H2,1-5H3,(H,30,33)(H,31,34)/t23-,24-/m0/s1. The maximum Gasteiger partial charge on any atom is 0.408 e. The summed E-state index contributed by atoms with van der Waals surface area (Å²) in [5.74, 6) is -0.390. The number of nitrogens with zero attached hydrogens (tertiary/aromatic N) is 1. The smallest absolute Gasteiger partial charge is 0.408 e. The topological polar surface area (TPSA) is 145 Å². The molecule has 1 aromatic heterocycles. The number of thiazole rings is 1. The second-order valence-electron chi connectivity index (χ2n) is 10.2. The molecule has 0 aliphatic heterocycles. The average molecular weight is 605 g/mol. The molecule has 2 aromatic carbocycles. The highest BCUT2D eigenvalue weighted by atomic mass is 32.2. The summed E-state index contributed by atoms with van der Waals surface area (Å²) in [4.78, 5) is 35.2. The second kappa shape index (κ2) is 14.4. The Morgan fingerprint density at radius 3 is 2.22 bits per heavy atom. The van der Waals surface area contributed by atoms with Crippen LogP contribution < -0.4 is 15.4 Å². The summed E-state index contributed by atoms with van der Waals surface area (Å²) in [5.41, 5.74) is 2.14. The Balaban J connectivity index is 1.83. The van der Waals surface area contributed by atoms with Crippen molar-refractivity contribution >= 4 is 39.3 Å². The molecule has 3 aromatic rings. The predicted octanol–water partition coefficient (Wildman–Crippen LogP) is 4.48. The molecule has 1 heterocycles. The van der Waals surface area contributed by atoms with Crippen molar-refractivity contribution in [3.8, 4) is 0 Å². The summed E-state index contributed by atoms with van der Waals surface area (Å²) in [5, 5.41) is 8.45. The Hall–Kier alpha value is -3.52. The molecule has 3 N–H and O–H groups in total. The van der Waals surface area contributed by atoms with Gasteiger partial charge in [-0.3, -0.25) is 9.52 Å². The number of nitrogens with one attached hydrogen (secondary N) is 3. The van der Waals surface area contributed by atoms with Gasteiger partial charge >= 0.3 is 16.4 Å². The fourth-order valence-corrected chi connectivity index (χ4v) is 5.41. The quantitative estimate of drug-likeness (QED) is 0.191. The minimum atomic E-state index is -4.12. The van der Waals surface area contributed by atoms with Crippen LogP contribution in [0.2, 0.25) is 0 Å². The van der Waals surface area contributed by atoms with Crippen LogP contribution in [-0.2, 0) is 48.3 Å². The number of ether oxygens (including phenoxy) is 1. The Kier molecular flexibility index (Phi) is 11.2. The third-order valence-corrected chi connectivity index (χ3v) is 7.44. The lowest BCUT2D eigenvalue weighted by molar-refractivity contribution is -0.171. The third kappa shape index (κ3) is 10.8. The molecule has 3 rings (SSSR count). The summed E-state index contributed by atoms with van der Waals surface area (Å²) in [7, 11) is -3.03. The first kappa shape index (κ1) is 32.0. The van der Waals surface area contributed by atoms with Gasteiger partial charge in [0, 0.05) is 11.8 Å². The zero-order valence-corrected chi connectivity index (χ0v) is 25.3. The van der Waals surface area contributed by atoms with Crippen molar-refractivity contribution < 1.29 is 32.0 Å². The zero-order chi connectivity index (χ0) is 30.0. The van der Waals surface area contributed by atoms with Crippen LogP contribution in [-0.4, -0.2) is 44.2 Å². The lowest BCUT2D eigenvalue weighted by Gasteiger charge is -2.25. The number of alkyl carbamates (subject to hydrolysis) is 1. The van der Waals surface area contributed by atoms with E-state index in [-0.39, 0.29) is 18.0 Å². The first-order valence-electron chi connectivity index (χ1n) is 13.0. The van der Waals surface area contributed by atoms with Crippen molar-refractivity contribution in [1.82, 2.24) is 15.6 Å². The van der Waals surface area contributed by atoms with Crippen LogP contribution in [0.4, 0.5) is 10.5 Å². The Bertz CT molecular complexity index is 1390. The van der Waals surface area contributed by atoms with Crippen LogP contribution in [0, 0.1) is 0 Å². The van der Waals surface area contributed by atoms with Gasteiger partial charge in [0.2, 0.25) is 5.91 Å². The first-order chi connectivity index (χ1) is 19.4. The van der Waals surface area contributed by atoms with E-state index >= 15 is 0 Å². The molecule has 0 radical (unpaired) electrons. The highest BCUT2D eigenvalue weighted by Gasteiger charge is 2.28. The largest absolute Gasteiger partial charge is 0.444 e. The van der Waals surface area contributed by atoms with Crippen molar-refractivity contribution in [1.29, 1.82) is 0 Å². The Morgan fingerprint density at radius 1 is 0.976 bits per heavy atom. The third-order valence-electron chi connectivity index (χ3n) is 5.63. The average Bonchev–Trinajstić information content (AvgIpc) is 3.38. The van der Waals surface area contributed by atoms with Crippen molar-refractivity contribution in [2.45, 2.75) is 64.6 Å². The highest BCUT2D eigenvalue weighted by molar-refractivity contribution is 7.88. The van der Waals surface area contributed by atoms with E-state index in [1.165, 1.54) is 11.3 Å². The fraction of sp³-hybridized carbons (Fsp3) is 0.393. The first-order valence-corrected chi connectivity index (χ1v) is 15.3. The number of rotatable bonds is 13. The van der Waals surface area contributed by atoms with Crippen molar-refractivity contribution in [2.24, 2.45) is 0 Å². The zero-order valence-electron chi connectivity index (χ0n) is 23.7. The van der Waals surface area contributed by atoms with Gasteiger partial charge in [0.05, 0.1) is 24.5 Å². The van der Waals surface area contributed by atoms with Crippen molar-refractivity contribution in [3.63, 3.8) is 0 Å². The fourth-order valence-electron chi connectivity index (χ4n) is 3.82. The molecule has 0 aliphatic carbocycles. The van der Waals surface area contributed by atoms with Gasteiger partial charge in [-0.05, 0) is 56.9 Å². The van der Waals surface area contributed by atoms with Crippen molar-refractivity contribution in [2.75, 3.05) is 11.8 Å². The normalized spacial score (nSPS) is 13.2. The van der Waals surface area contributed by atoms with Gasteiger partial charge < -0.3 is 15.4 Å². The summed E-state index contributed by atoms with van der Waals surface area (Å²) in [6.07, 6.45) is 0.679. The number of hydrogen-bond acceptors (Lipinski definition) is 9. The van der Waals surface area contributed by atoms with E-state index in [2.05, 4.69) is 29.6 Å². The number of aromatic nitrogens is 1. The van der Waals surface area contributed by atoms with E-state index in [4.69, 9.17) is 4.74 Å². The summed E-state index contributed by atoms with van der Waals surface area (Å²) in [6.45, 7) is 7.26. The molecule has 222 valence electrons. The molecule has 0 spiro atoms. The Labute approximate surface area is 244 Å². The number of benzene rings is 2. The molecule has 0 bridgehead atoms. The van der Waals surface area contributed by atoms with Crippen LogP contribution in [0.1, 0.15) is 55.6 Å². The highest BCUT2D eigenvalue weighted by Crippen LogP contribution is 2.24. The van der Waals surface area contributed by atoms with Gasteiger partial charge in [-0.2, -0.15) is 8.42 Å². The lowest BCUT2D eigenvalue weighted by Crippen LogP contribution is -2.50. The monoisotopic (exact) mass is 604 g/mol. The maximum absolute atomic E-state index is 13.7. The van der Waals surface area contributed by atoms with E-state index in [0.717, 1.165) is 30.4 Å². The van der Waals surface area contributed by atoms with E-state index in [1.807, 2.05) is 42.6 Å². The molecule has 13 heteroatoms. The molecule has 0 saturated heterocycles. The van der Waals surface area contributed by atoms with E-state index < -0.39 is 34.1 Å². The number of anilines is 1. The van der Waals surface area contributed by atoms with Crippen LogP contribution >= 0.6 is 11.3 Å². The predicted molar refractivity (Wildman–Crippen MR) is 156 cm³/mol. The maximum atomic E-state index is 13.7. The molecule has 2 atom stereocenters. The van der Waals surface area contributed by atoms with E-state index in [1.54, 1.807) is 45.0 Å². The van der Waals surface area contributed by atoms with Gasteiger partial charge in [0.1, 0.15) is 16.7 Å². The lowest BCUT2D eigenvalue weighted by atomic mass is 10.0. The summed E-state index contributed by atoms with van der Waals surface area (Å²) < 4.78 is 35.5. The van der Waals surface area contributed by atoms with Crippen LogP contribution in [0.5, 0.6) is 0 Å². The molecule has 2 amide bonds. The second-order valence-corrected chi connectivity index (χ2v) is 12.3. The number of carbonyl (C=O) groups is 2. The molecule has 41 heavy (non-hydrogen) atoms. The van der Waals surface area contributed by atoms with Crippen LogP contribution in [0.15, 0.2) is 60.0 Å². The SMILES string of the molecule is CCc1csc([C@H](Cc2ccc(NS(=O)(=O)OOC)cc2)NC(=O)[C@H](Cc2ccccc2)NC(=O)OC(C)(C)C)n1. The summed E-state index contributed by atoms with van der Waals surface area (Å²) >= 11 is 1.44. The minimum absolute atomic E-state index is 0.259. The molecule has 11 nitrogen and oxygen atoms in total. The Morgan fingerprint density at radius 2 is 1.63 bits per heavy atom.